The second-order valence-electron chi connectivity index (χ2n) is 7.82. The molecule has 2 atom stereocenters. The summed E-state index contributed by atoms with van der Waals surface area (Å²) >= 11 is 5.96. The molecule has 2 aliphatic rings. The molecule has 29 heavy (non-hydrogen) atoms. The van der Waals surface area contributed by atoms with Gasteiger partial charge < -0.3 is 9.47 Å². The Bertz CT molecular complexity index is 1150. The van der Waals surface area contributed by atoms with Crippen LogP contribution in [0.2, 0.25) is 5.02 Å². The van der Waals surface area contributed by atoms with Crippen LogP contribution in [-0.4, -0.2) is 43.5 Å². The Morgan fingerprint density at radius 3 is 2.69 bits per heavy atom. The summed E-state index contributed by atoms with van der Waals surface area (Å²) in [5.74, 6) is 0.341. The van der Waals surface area contributed by atoms with E-state index in [9.17, 15) is 9.59 Å². The number of likely N-dealkylation sites (tertiary alicyclic amines) is 1. The fourth-order valence-corrected chi connectivity index (χ4v) is 4.69. The molecule has 7 nitrogen and oxygen atoms in total. The predicted octanol–water partition coefficient (Wildman–Crippen LogP) is 2.65. The van der Waals surface area contributed by atoms with Crippen LogP contribution in [0.3, 0.4) is 0 Å². The number of hydrogen-bond acceptors (Lipinski definition) is 4. The monoisotopic (exact) mass is 409 g/mol. The van der Waals surface area contributed by atoms with Gasteiger partial charge in [0.2, 0.25) is 0 Å². The van der Waals surface area contributed by atoms with Gasteiger partial charge in [0.1, 0.15) is 0 Å². The van der Waals surface area contributed by atoms with Crippen molar-refractivity contribution in [2.75, 3.05) is 13.1 Å². The number of aromatic nitrogens is 4. The number of piperidine rings is 1. The van der Waals surface area contributed by atoms with Crippen LogP contribution < -0.4 is 5.56 Å². The normalized spacial score (nSPS) is 20.4. The van der Waals surface area contributed by atoms with Crippen molar-refractivity contribution in [3.05, 3.63) is 74.9 Å². The van der Waals surface area contributed by atoms with E-state index in [1.54, 1.807) is 28.9 Å². The molecule has 2 aliphatic heterocycles. The third-order valence-corrected chi connectivity index (χ3v) is 6.19. The minimum atomic E-state index is -0.107. The van der Waals surface area contributed by atoms with Crippen LogP contribution in [0.15, 0.2) is 47.3 Å². The first kappa shape index (κ1) is 18.1. The first-order chi connectivity index (χ1) is 14.0. The van der Waals surface area contributed by atoms with Crippen molar-refractivity contribution in [3.8, 4) is 5.69 Å². The van der Waals surface area contributed by atoms with Crippen LogP contribution in [0.25, 0.3) is 5.69 Å². The van der Waals surface area contributed by atoms with Gasteiger partial charge in [-0.25, -0.2) is 4.68 Å². The van der Waals surface area contributed by atoms with Crippen LogP contribution in [-0.2, 0) is 6.54 Å². The van der Waals surface area contributed by atoms with E-state index in [2.05, 4.69) is 10.3 Å². The lowest BCUT2D eigenvalue weighted by molar-refractivity contribution is 0.0588. The summed E-state index contributed by atoms with van der Waals surface area (Å²) in [4.78, 5) is 27.3. The quantitative estimate of drug-likeness (QED) is 0.652. The van der Waals surface area contributed by atoms with Crippen molar-refractivity contribution < 1.29 is 4.79 Å². The Morgan fingerprint density at radius 1 is 1.10 bits per heavy atom. The summed E-state index contributed by atoms with van der Waals surface area (Å²) in [5.41, 5.74) is 2.93. The highest BCUT2D eigenvalue weighted by atomic mass is 35.5. The van der Waals surface area contributed by atoms with Gasteiger partial charge in [0.25, 0.3) is 11.5 Å². The predicted molar refractivity (Wildman–Crippen MR) is 109 cm³/mol. The fraction of sp³-hybridized carbons (Fsp3) is 0.333. The van der Waals surface area contributed by atoms with Crippen LogP contribution in [0.1, 0.15) is 34.2 Å². The van der Waals surface area contributed by atoms with Crippen LogP contribution in [0.5, 0.6) is 0 Å². The Balaban J connectivity index is 1.42. The Hall–Kier alpha value is -2.93. The molecular formula is C21H20ClN5O2. The van der Waals surface area contributed by atoms with E-state index >= 15 is 0 Å². The zero-order chi connectivity index (χ0) is 20.1. The highest BCUT2D eigenvalue weighted by Gasteiger charge is 2.37. The molecule has 1 saturated heterocycles. The van der Waals surface area contributed by atoms with Crippen molar-refractivity contribution in [2.24, 2.45) is 5.92 Å². The molecule has 2 unspecified atom stereocenters. The van der Waals surface area contributed by atoms with Crippen molar-refractivity contribution in [3.63, 3.8) is 0 Å². The van der Waals surface area contributed by atoms with Gasteiger partial charge in [0.15, 0.2) is 5.69 Å². The Morgan fingerprint density at radius 2 is 1.90 bits per heavy atom. The summed E-state index contributed by atoms with van der Waals surface area (Å²) in [6.07, 6.45) is 1.00. The van der Waals surface area contributed by atoms with Crippen LogP contribution >= 0.6 is 11.6 Å². The van der Waals surface area contributed by atoms with Gasteiger partial charge in [-0.15, -0.1) is 5.10 Å². The molecule has 2 bridgehead atoms. The lowest BCUT2D eigenvalue weighted by Crippen LogP contribution is -2.49. The first-order valence-electron chi connectivity index (χ1n) is 9.68. The van der Waals surface area contributed by atoms with E-state index in [0.29, 0.717) is 36.0 Å². The van der Waals surface area contributed by atoms with Crippen molar-refractivity contribution in [1.29, 1.82) is 0 Å². The average Bonchev–Trinajstić information content (AvgIpc) is 3.10. The molecule has 8 heteroatoms. The first-order valence-corrected chi connectivity index (χ1v) is 10.1. The van der Waals surface area contributed by atoms with Gasteiger partial charge in [-0.05, 0) is 49.6 Å². The summed E-state index contributed by atoms with van der Waals surface area (Å²) in [6.45, 7) is 3.72. The standard InChI is InChI=1S/C21H20ClN5O2/c1-13-20(23-24-27(13)17-7-5-16(22)6-8-17)21(29)25-10-14-9-15(12-25)18-3-2-4-19(28)26(18)11-14/h2-8,14-15H,9-12H2,1H3. The third-order valence-electron chi connectivity index (χ3n) is 5.94. The molecule has 4 heterocycles. The molecule has 0 N–H and O–H groups in total. The van der Waals surface area contributed by atoms with E-state index in [1.165, 1.54) is 0 Å². The lowest BCUT2D eigenvalue weighted by atomic mass is 9.83. The molecule has 148 valence electrons. The SMILES string of the molecule is Cc1c(C(=O)N2CC3CC(C2)c2cccc(=O)n2C3)nnn1-c1ccc(Cl)cc1. The summed E-state index contributed by atoms with van der Waals surface area (Å²) in [5, 5.41) is 9.00. The maximum atomic E-state index is 13.2. The fourth-order valence-electron chi connectivity index (χ4n) is 4.57. The third kappa shape index (κ3) is 3.06. The van der Waals surface area contributed by atoms with Gasteiger partial charge in [-0.1, -0.05) is 22.9 Å². The maximum absolute atomic E-state index is 13.2. The molecule has 0 spiro atoms. The zero-order valence-corrected chi connectivity index (χ0v) is 16.7. The van der Waals surface area contributed by atoms with Crippen molar-refractivity contribution in [1.82, 2.24) is 24.5 Å². The maximum Gasteiger partial charge on any atom is 0.276 e. The lowest BCUT2D eigenvalue weighted by Gasteiger charge is -2.42. The number of benzene rings is 1. The molecular weight excluding hydrogens is 390 g/mol. The number of fused-ring (bicyclic) bond motifs is 4. The molecule has 0 aliphatic carbocycles. The highest BCUT2D eigenvalue weighted by Crippen LogP contribution is 2.35. The van der Waals surface area contributed by atoms with Crippen LogP contribution in [0, 0.1) is 12.8 Å². The van der Waals surface area contributed by atoms with Crippen molar-refractivity contribution >= 4 is 17.5 Å². The molecule has 1 aromatic carbocycles. The van der Waals surface area contributed by atoms with Gasteiger partial charge >= 0.3 is 0 Å². The minimum Gasteiger partial charge on any atom is -0.336 e. The van der Waals surface area contributed by atoms with Crippen LogP contribution in [0.4, 0.5) is 0 Å². The molecule has 0 saturated carbocycles. The number of amides is 1. The molecule has 2 aromatic heterocycles. The molecule has 3 aromatic rings. The van der Waals surface area contributed by atoms with Gasteiger partial charge in [-0.2, -0.15) is 0 Å². The summed E-state index contributed by atoms with van der Waals surface area (Å²) < 4.78 is 3.52. The largest absolute Gasteiger partial charge is 0.336 e. The molecule has 5 rings (SSSR count). The molecule has 1 amide bonds. The van der Waals surface area contributed by atoms with E-state index in [1.807, 2.05) is 34.6 Å². The number of carbonyl (C=O) groups excluding carboxylic acids is 1. The van der Waals surface area contributed by atoms with Gasteiger partial charge in [-0.3, -0.25) is 9.59 Å². The van der Waals surface area contributed by atoms with Gasteiger partial charge in [0, 0.05) is 42.3 Å². The van der Waals surface area contributed by atoms with E-state index in [0.717, 1.165) is 17.8 Å². The van der Waals surface area contributed by atoms with E-state index < -0.39 is 0 Å². The number of pyridine rings is 1. The highest BCUT2D eigenvalue weighted by molar-refractivity contribution is 6.30. The zero-order valence-electron chi connectivity index (χ0n) is 16.0. The Labute approximate surface area is 172 Å². The van der Waals surface area contributed by atoms with E-state index in [-0.39, 0.29) is 23.3 Å². The minimum absolute atomic E-state index is 0.0405. The van der Waals surface area contributed by atoms with E-state index in [4.69, 9.17) is 11.6 Å². The summed E-state index contributed by atoms with van der Waals surface area (Å²) in [6, 6.07) is 12.7. The number of nitrogens with zero attached hydrogens (tertiary/aromatic N) is 5. The number of carbonyl (C=O) groups is 1. The molecule has 0 radical (unpaired) electrons. The number of rotatable bonds is 2. The smallest absolute Gasteiger partial charge is 0.276 e. The average molecular weight is 410 g/mol. The Kier molecular flexibility index (Phi) is 4.28. The van der Waals surface area contributed by atoms with Gasteiger partial charge in [0.05, 0.1) is 11.4 Å². The van der Waals surface area contributed by atoms with Crippen molar-refractivity contribution in [2.45, 2.75) is 25.8 Å². The second-order valence-corrected chi connectivity index (χ2v) is 8.26. The number of hydrogen-bond donors (Lipinski definition) is 0. The second kappa shape index (κ2) is 6.84. The summed E-state index contributed by atoms with van der Waals surface area (Å²) in [7, 11) is 0. The molecule has 1 fully saturated rings. The topological polar surface area (TPSA) is 73.0 Å². The number of halogens is 1.